The van der Waals surface area contributed by atoms with Gasteiger partial charge in [0.25, 0.3) is 0 Å². The molecule has 1 fully saturated rings. The largest absolute Gasteiger partial charge is 0.310 e. The van der Waals surface area contributed by atoms with Gasteiger partial charge in [-0.1, -0.05) is 20.8 Å². The number of nitrogens with one attached hydrogen (secondary N) is 1. The zero-order chi connectivity index (χ0) is 15.6. The van der Waals surface area contributed by atoms with Crippen molar-refractivity contribution >= 4 is 33.1 Å². The van der Waals surface area contributed by atoms with Crippen LogP contribution in [0.1, 0.15) is 30.5 Å². The zero-order valence-electron chi connectivity index (χ0n) is 13.0. The Morgan fingerprint density at radius 1 is 1.48 bits per heavy atom. The Balaban J connectivity index is 2.19. The first kappa shape index (κ1) is 17.3. The Bertz CT molecular complexity index is 581. The van der Waals surface area contributed by atoms with Crippen molar-refractivity contribution in [3.63, 3.8) is 0 Å². The summed E-state index contributed by atoms with van der Waals surface area (Å²) in [5, 5.41) is 3.71. The van der Waals surface area contributed by atoms with Gasteiger partial charge in [0, 0.05) is 46.4 Å². The molecular formula is C14H24N2O2S3. The molecule has 1 saturated heterocycles. The van der Waals surface area contributed by atoms with Gasteiger partial charge >= 0.3 is 0 Å². The van der Waals surface area contributed by atoms with Gasteiger partial charge in [0.1, 0.15) is 0 Å². The predicted octanol–water partition coefficient (Wildman–Crippen LogP) is 2.68. The number of hydrogen-bond acceptors (Lipinski definition) is 5. The second-order valence-corrected chi connectivity index (χ2v) is 10.5. The van der Waals surface area contributed by atoms with E-state index in [9.17, 15) is 8.42 Å². The summed E-state index contributed by atoms with van der Waals surface area (Å²) in [6.45, 7) is 10.1. The average molecular weight is 349 g/mol. The molecular weight excluding hydrogens is 324 g/mol. The zero-order valence-corrected chi connectivity index (χ0v) is 15.5. The maximum Gasteiger partial charge on any atom is 0.244 e. The Labute approximate surface area is 136 Å². The van der Waals surface area contributed by atoms with E-state index in [1.807, 2.05) is 24.8 Å². The minimum Gasteiger partial charge on any atom is -0.310 e. The summed E-state index contributed by atoms with van der Waals surface area (Å²) in [4.78, 5) is 2.47. The molecule has 0 spiro atoms. The van der Waals surface area contributed by atoms with E-state index >= 15 is 0 Å². The number of nitrogens with zero attached hydrogens (tertiary/aromatic N) is 1. The van der Waals surface area contributed by atoms with Crippen LogP contribution in [0.5, 0.6) is 0 Å². The molecule has 21 heavy (non-hydrogen) atoms. The Kier molecular flexibility index (Phi) is 5.76. The topological polar surface area (TPSA) is 49.4 Å². The van der Waals surface area contributed by atoms with Crippen LogP contribution in [0.2, 0.25) is 0 Å². The highest BCUT2D eigenvalue weighted by atomic mass is 32.2. The molecule has 2 heterocycles. The van der Waals surface area contributed by atoms with Crippen LogP contribution in [-0.4, -0.2) is 42.9 Å². The molecule has 4 nitrogen and oxygen atoms in total. The molecule has 1 aliphatic rings. The lowest BCUT2D eigenvalue weighted by Crippen LogP contribution is -2.41. The first-order valence-electron chi connectivity index (χ1n) is 7.25. The molecule has 1 atom stereocenters. The molecule has 0 radical (unpaired) electrons. The first-order valence-corrected chi connectivity index (χ1v) is 10.6. The molecule has 0 aliphatic carbocycles. The quantitative estimate of drug-likeness (QED) is 0.889. The SMILES string of the molecule is Cc1sc(CNC(C)C)cc1S(=O)(=O)N1CCSC(C)C1. The van der Waals surface area contributed by atoms with Crippen molar-refractivity contribution in [2.45, 2.75) is 50.4 Å². The van der Waals surface area contributed by atoms with Gasteiger partial charge in [0.2, 0.25) is 10.0 Å². The lowest BCUT2D eigenvalue weighted by molar-refractivity contribution is 0.424. The monoisotopic (exact) mass is 348 g/mol. The maximum absolute atomic E-state index is 12.8. The van der Waals surface area contributed by atoms with Crippen LogP contribution in [0.15, 0.2) is 11.0 Å². The molecule has 0 bridgehead atoms. The Morgan fingerprint density at radius 2 is 2.19 bits per heavy atom. The lowest BCUT2D eigenvalue weighted by Gasteiger charge is -2.29. The van der Waals surface area contributed by atoms with Crippen molar-refractivity contribution in [2.24, 2.45) is 0 Å². The van der Waals surface area contributed by atoms with Crippen LogP contribution < -0.4 is 5.32 Å². The van der Waals surface area contributed by atoms with Crippen molar-refractivity contribution < 1.29 is 8.42 Å². The van der Waals surface area contributed by atoms with Gasteiger partial charge in [-0.25, -0.2) is 8.42 Å². The van der Waals surface area contributed by atoms with Crippen LogP contribution in [0.25, 0.3) is 0 Å². The number of sulfonamides is 1. The van der Waals surface area contributed by atoms with E-state index in [1.165, 1.54) is 0 Å². The summed E-state index contributed by atoms with van der Waals surface area (Å²) in [6, 6.07) is 2.24. The summed E-state index contributed by atoms with van der Waals surface area (Å²) in [5.74, 6) is 0.880. The summed E-state index contributed by atoms with van der Waals surface area (Å²) in [5.41, 5.74) is 0. The van der Waals surface area contributed by atoms with Gasteiger partial charge in [0.05, 0.1) is 4.90 Å². The highest BCUT2D eigenvalue weighted by Gasteiger charge is 2.31. The normalized spacial score (nSPS) is 21.1. The van der Waals surface area contributed by atoms with Gasteiger partial charge in [-0.3, -0.25) is 0 Å². The molecule has 0 aromatic carbocycles. The molecule has 0 saturated carbocycles. The van der Waals surface area contributed by atoms with Gasteiger partial charge in [-0.2, -0.15) is 16.1 Å². The molecule has 7 heteroatoms. The fourth-order valence-electron chi connectivity index (χ4n) is 2.32. The standard InChI is InChI=1S/C14H24N2O2S3/c1-10(2)15-8-13-7-14(12(4)20-13)21(17,18)16-5-6-19-11(3)9-16/h7,10-11,15H,5-6,8-9H2,1-4H3. The third-order valence-electron chi connectivity index (χ3n) is 3.43. The number of hydrogen-bond donors (Lipinski definition) is 1. The Hall–Kier alpha value is -0.0800. The molecule has 1 N–H and O–H groups in total. The lowest BCUT2D eigenvalue weighted by atomic mass is 10.3. The van der Waals surface area contributed by atoms with Crippen molar-refractivity contribution in [1.29, 1.82) is 0 Å². The third-order valence-corrected chi connectivity index (χ3v) is 7.74. The van der Waals surface area contributed by atoms with Crippen LogP contribution in [0.3, 0.4) is 0 Å². The maximum atomic E-state index is 12.8. The van der Waals surface area contributed by atoms with E-state index in [0.717, 1.165) is 22.1 Å². The molecule has 0 amide bonds. The van der Waals surface area contributed by atoms with Gasteiger partial charge < -0.3 is 5.32 Å². The van der Waals surface area contributed by atoms with Gasteiger partial charge in [-0.15, -0.1) is 11.3 Å². The highest BCUT2D eigenvalue weighted by molar-refractivity contribution is 8.00. The predicted molar refractivity (Wildman–Crippen MR) is 91.7 cm³/mol. The average Bonchev–Trinajstić information content (AvgIpc) is 2.78. The summed E-state index contributed by atoms with van der Waals surface area (Å²) in [7, 11) is -3.34. The minimum absolute atomic E-state index is 0.370. The first-order chi connectivity index (χ1) is 9.80. The fraction of sp³-hybridized carbons (Fsp3) is 0.714. The number of thiophene rings is 1. The molecule has 120 valence electrons. The summed E-state index contributed by atoms with van der Waals surface area (Å²) < 4.78 is 27.3. The van der Waals surface area contributed by atoms with Gasteiger partial charge in [-0.05, 0) is 13.0 Å². The Morgan fingerprint density at radius 3 is 2.81 bits per heavy atom. The summed E-state index contributed by atoms with van der Waals surface area (Å²) in [6.07, 6.45) is 0. The summed E-state index contributed by atoms with van der Waals surface area (Å²) >= 11 is 3.41. The smallest absolute Gasteiger partial charge is 0.244 e. The number of rotatable bonds is 5. The number of aryl methyl sites for hydroxylation is 1. The van der Waals surface area contributed by atoms with Gasteiger partial charge in [0.15, 0.2) is 0 Å². The van der Waals surface area contributed by atoms with E-state index < -0.39 is 10.0 Å². The van der Waals surface area contributed by atoms with Crippen molar-refractivity contribution in [1.82, 2.24) is 9.62 Å². The molecule has 1 unspecified atom stereocenters. The van der Waals surface area contributed by atoms with Crippen LogP contribution in [-0.2, 0) is 16.6 Å². The second-order valence-electron chi connectivity index (χ2n) is 5.71. The molecule has 1 aliphatic heterocycles. The minimum atomic E-state index is -3.34. The van der Waals surface area contributed by atoms with Crippen LogP contribution in [0, 0.1) is 6.92 Å². The van der Waals surface area contributed by atoms with Crippen molar-refractivity contribution in [3.8, 4) is 0 Å². The third kappa shape index (κ3) is 4.22. The van der Waals surface area contributed by atoms with E-state index in [2.05, 4.69) is 26.1 Å². The molecule has 1 aromatic rings. The highest BCUT2D eigenvalue weighted by Crippen LogP contribution is 2.30. The fourth-order valence-corrected chi connectivity index (χ4v) is 6.62. The molecule has 2 rings (SSSR count). The molecule has 1 aromatic heterocycles. The van der Waals surface area contributed by atoms with E-state index in [1.54, 1.807) is 15.6 Å². The number of thioether (sulfide) groups is 1. The van der Waals surface area contributed by atoms with E-state index in [4.69, 9.17) is 0 Å². The van der Waals surface area contributed by atoms with E-state index in [-0.39, 0.29) is 0 Å². The van der Waals surface area contributed by atoms with Crippen LogP contribution >= 0.6 is 23.1 Å². The van der Waals surface area contributed by atoms with Crippen LogP contribution in [0.4, 0.5) is 0 Å². The van der Waals surface area contributed by atoms with Crippen molar-refractivity contribution in [2.75, 3.05) is 18.8 Å². The van der Waals surface area contributed by atoms with E-state index in [0.29, 0.717) is 29.3 Å². The van der Waals surface area contributed by atoms with Crippen molar-refractivity contribution in [3.05, 3.63) is 15.8 Å². The second kappa shape index (κ2) is 7.00.